The Kier molecular flexibility index (Phi) is 5.28. The van der Waals surface area contributed by atoms with Gasteiger partial charge < -0.3 is 10.1 Å². The van der Waals surface area contributed by atoms with Gasteiger partial charge in [0.15, 0.2) is 0 Å². The average molecular weight is 371 g/mol. The lowest BCUT2D eigenvalue weighted by Crippen LogP contribution is -2.18. The van der Waals surface area contributed by atoms with Gasteiger partial charge >= 0.3 is 5.97 Å². The predicted molar refractivity (Wildman–Crippen MR) is 96.3 cm³/mol. The van der Waals surface area contributed by atoms with Crippen LogP contribution in [0.2, 0.25) is 5.02 Å². The van der Waals surface area contributed by atoms with Crippen LogP contribution in [0.3, 0.4) is 0 Å². The van der Waals surface area contributed by atoms with Crippen molar-refractivity contribution in [3.8, 4) is 0 Å². The van der Waals surface area contributed by atoms with Gasteiger partial charge in [-0.3, -0.25) is 4.79 Å². The van der Waals surface area contributed by atoms with Crippen molar-refractivity contribution in [3.63, 3.8) is 0 Å². The monoisotopic (exact) mass is 370 g/mol. The molecule has 0 radical (unpaired) electrons. The standard InChI is InChI=1S/C18H15ClN4O3/c1-26-17(25)15-21-18(20-11-12-5-3-2-4-6-12)23(22-15)16(24)13-7-9-14(19)10-8-13/h2-10H,11H2,1H3,(H,20,21,22). The molecule has 1 N–H and O–H groups in total. The van der Waals surface area contributed by atoms with Crippen LogP contribution in [0.1, 0.15) is 26.5 Å². The largest absolute Gasteiger partial charge is 0.463 e. The molecule has 8 heteroatoms. The maximum atomic E-state index is 12.7. The molecule has 3 aromatic rings. The Morgan fingerprint density at radius 3 is 2.46 bits per heavy atom. The number of methoxy groups -OCH3 is 1. The first-order valence-electron chi connectivity index (χ1n) is 7.72. The van der Waals surface area contributed by atoms with E-state index in [4.69, 9.17) is 11.6 Å². The molecule has 0 saturated carbocycles. The van der Waals surface area contributed by atoms with Crippen LogP contribution >= 0.6 is 11.6 Å². The van der Waals surface area contributed by atoms with Crippen molar-refractivity contribution in [3.05, 3.63) is 76.6 Å². The molecule has 0 saturated heterocycles. The topological polar surface area (TPSA) is 86.1 Å². The number of hydrogen-bond donors (Lipinski definition) is 1. The smallest absolute Gasteiger partial charge is 0.378 e. The normalized spacial score (nSPS) is 10.4. The van der Waals surface area contributed by atoms with Crippen LogP contribution in [0.5, 0.6) is 0 Å². The van der Waals surface area contributed by atoms with Crippen LogP contribution in [0.4, 0.5) is 5.95 Å². The number of esters is 1. The molecule has 0 amide bonds. The van der Waals surface area contributed by atoms with Crippen LogP contribution in [-0.2, 0) is 11.3 Å². The molecule has 0 spiro atoms. The van der Waals surface area contributed by atoms with E-state index >= 15 is 0 Å². The molecule has 0 unspecified atom stereocenters. The molecule has 0 aliphatic carbocycles. The van der Waals surface area contributed by atoms with Gasteiger partial charge in [0.1, 0.15) is 0 Å². The van der Waals surface area contributed by atoms with Crippen LogP contribution in [0, 0.1) is 0 Å². The molecule has 26 heavy (non-hydrogen) atoms. The van der Waals surface area contributed by atoms with Crippen molar-refractivity contribution in [2.45, 2.75) is 6.54 Å². The van der Waals surface area contributed by atoms with Crippen LogP contribution in [0.15, 0.2) is 54.6 Å². The van der Waals surface area contributed by atoms with Gasteiger partial charge in [-0.05, 0) is 29.8 Å². The second kappa shape index (κ2) is 7.79. The first-order chi connectivity index (χ1) is 12.6. The Labute approximate surface area is 154 Å². The highest BCUT2D eigenvalue weighted by Gasteiger charge is 2.21. The number of ether oxygens (including phenoxy) is 1. The van der Waals surface area contributed by atoms with Gasteiger partial charge in [-0.25, -0.2) is 4.79 Å². The van der Waals surface area contributed by atoms with Gasteiger partial charge in [-0.2, -0.15) is 9.67 Å². The number of rotatable bonds is 5. The van der Waals surface area contributed by atoms with Crippen LogP contribution < -0.4 is 5.32 Å². The summed E-state index contributed by atoms with van der Waals surface area (Å²) in [7, 11) is 1.22. The SMILES string of the molecule is COC(=O)c1nc(NCc2ccccc2)n(C(=O)c2ccc(Cl)cc2)n1. The highest BCUT2D eigenvalue weighted by molar-refractivity contribution is 6.30. The molecule has 0 fully saturated rings. The summed E-state index contributed by atoms with van der Waals surface area (Å²) >= 11 is 5.86. The first-order valence-corrected chi connectivity index (χ1v) is 8.09. The van der Waals surface area contributed by atoms with Crippen molar-refractivity contribution in [1.29, 1.82) is 0 Å². The first kappa shape index (κ1) is 17.6. The summed E-state index contributed by atoms with van der Waals surface area (Å²) in [6.07, 6.45) is 0. The minimum Gasteiger partial charge on any atom is -0.463 e. The maximum Gasteiger partial charge on any atom is 0.378 e. The number of halogens is 1. The number of carbonyl (C=O) groups excluding carboxylic acids is 2. The van der Waals surface area contributed by atoms with Crippen molar-refractivity contribution >= 4 is 29.4 Å². The summed E-state index contributed by atoms with van der Waals surface area (Å²) in [5, 5.41) is 7.52. The van der Waals surface area contributed by atoms with E-state index in [-0.39, 0.29) is 11.8 Å². The number of benzene rings is 2. The number of nitrogens with zero attached hydrogens (tertiary/aromatic N) is 3. The highest BCUT2D eigenvalue weighted by atomic mass is 35.5. The van der Waals surface area contributed by atoms with Gasteiger partial charge in [-0.15, -0.1) is 5.10 Å². The fraction of sp³-hybridized carbons (Fsp3) is 0.111. The Bertz CT molecular complexity index is 923. The number of aromatic nitrogens is 3. The van der Waals surface area contributed by atoms with Crippen molar-refractivity contribution in [2.75, 3.05) is 12.4 Å². The average Bonchev–Trinajstić information content (AvgIpc) is 3.11. The summed E-state index contributed by atoms with van der Waals surface area (Å²) in [4.78, 5) is 28.6. The molecule has 3 rings (SSSR count). The third-order valence-corrected chi connectivity index (χ3v) is 3.80. The third-order valence-electron chi connectivity index (χ3n) is 3.55. The lowest BCUT2D eigenvalue weighted by atomic mass is 10.2. The van der Waals surface area contributed by atoms with Crippen molar-refractivity contribution in [2.24, 2.45) is 0 Å². The minimum absolute atomic E-state index is 0.147. The quantitative estimate of drug-likeness (QED) is 0.695. The van der Waals surface area contributed by atoms with E-state index in [0.29, 0.717) is 17.1 Å². The van der Waals surface area contributed by atoms with E-state index in [9.17, 15) is 9.59 Å². The molecular weight excluding hydrogens is 356 g/mol. The summed E-state index contributed by atoms with van der Waals surface area (Å²) in [5.41, 5.74) is 1.35. The fourth-order valence-corrected chi connectivity index (χ4v) is 2.36. The van der Waals surface area contributed by atoms with E-state index in [1.807, 2.05) is 30.3 Å². The fourth-order valence-electron chi connectivity index (χ4n) is 2.24. The second-order valence-corrected chi connectivity index (χ2v) is 5.75. The zero-order valence-electron chi connectivity index (χ0n) is 13.8. The third kappa shape index (κ3) is 3.89. The summed E-state index contributed by atoms with van der Waals surface area (Å²) in [5.74, 6) is -1.23. The summed E-state index contributed by atoms with van der Waals surface area (Å²) in [6.45, 7) is 0.411. The van der Waals surface area contributed by atoms with Crippen molar-refractivity contribution < 1.29 is 14.3 Å². The molecule has 0 atom stereocenters. The van der Waals surface area contributed by atoms with E-state index in [2.05, 4.69) is 20.1 Å². The van der Waals surface area contributed by atoms with Crippen LogP contribution in [0.25, 0.3) is 0 Å². The lowest BCUT2D eigenvalue weighted by Gasteiger charge is -2.07. The lowest BCUT2D eigenvalue weighted by molar-refractivity contribution is 0.0587. The number of anilines is 1. The molecular formula is C18H15ClN4O3. The van der Waals surface area contributed by atoms with Crippen LogP contribution in [-0.4, -0.2) is 33.8 Å². The zero-order valence-corrected chi connectivity index (χ0v) is 14.6. The molecule has 1 aromatic heterocycles. The molecule has 1 heterocycles. The summed E-state index contributed by atoms with van der Waals surface area (Å²) < 4.78 is 5.67. The van der Waals surface area contributed by atoms with Gasteiger partial charge in [0.05, 0.1) is 7.11 Å². The molecule has 132 valence electrons. The van der Waals surface area contributed by atoms with E-state index in [1.54, 1.807) is 24.3 Å². The minimum atomic E-state index is -0.726. The van der Waals surface area contributed by atoms with E-state index < -0.39 is 11.9 Å². The van der Waals surface area contributed by atoms with E-state index in [0.717, 1.165) is 10.2 Å². The maximum absolute atomic E-state index is 12.7. The number of carbonyl (C=O) groups is 2. The number of nitrogens with one attached hydrogen (secondary N) is 1. The summed E-state index contributed by atoms with van der Waals surface area (Å²) in [6, 6.07) is 15.9. The zero-order chi connectivity index (χ0) is 18.5. The van der Waals surface area contributed by atoms with Gasteiger partial charge in [0.25, 0.3) is 11.7 Å². The Morgan fingerprint density at radius 1 is 1.12 bits per heavy atom. The predicted octanol–water partition coefficient (Wildman–Crippen LogP) is 3.02. The van der Waals surface area contributed by atoms with E-state index in [1.165, 1.54) is 7.11 Å². The molecule has 0 bridgehead atoms. The Hall–Kier alpha value is -3.19. The van der Waals surface area contributed by atoms with Gasteiger partial charge in [0, 0.05) is 17.1 Å². The molecule has 0 aliphatic heterocycles. The second-order valence-electron chi connectivity index (χ2n) is 5.31. The molecule has 7 nitrogen and oxygen atoms in total. The number of hydrogen-bond acceptors (Lipinski definition) is 6. The van der Waals surface area contributed by atoms with Gasteiger partial charge in [0.2, 0.25) is 5.95 Å². The Morgan fingerprint density at radius 2 is 1.81 bits per heavy atom. The molecule has 0 aliphatic rings. The van der Waals surface area contributed by atoms with Gasteiger partial charge in [-0.1, -0.05) is 41.9 Å². The Balaban J connectivity index is 1.91. The van der Waals surface area contributed by atoms with Crippen molar-refractivity contribution in [1.82, 2.24) is 14.8 Å². The highest BCUT2D eigenvalue weighted by Crippen LogP contribution is 2.14. The molecule has 2 aromatic carbocycles.